The fourth-order valence-electron chi connectivity index (χ4n) is 2.13. The SMILES string of the molecule is OCC1(CNc2ccc3c(c2)OCCCO3)CC1. The Morgan fingerprint density at radius 3 is 2.67 bits per heavy atom. The molecule has 1 heterocycles. The summed E-state index contributed by atoms with van der Waals surface area (Å²) in [6, 6.07) is 5.93. The third-order valence-electron chi connectivity index (χ3n) is 3.71. The van der Waals surface area contributed by atoms with Crippen LogP contribution >= 0.6 is 0 Å². The second-order valence-corrected chi connectivity index (χ2v) is 5.22. The molecule has 2 aliphatic rings. The van der Waals surface area contributed by atoms with Crippen molar-refractivity contribution in [2.24, 2.45) is 5.41 Å². The summed E-state index contributed by atoms with van der Waals surface area (Å²) in [7, 11) is 0. The molecule has 0 unspecified atom stereocenters. The standard InChI is InChI=1S/C14H19NO3/c16-10-14(4-5-14)9-15-11-2-3-12-13(8-11)18-7-1-6-17-12/h2-3,8,15-16H,1,4-7,9-10H2. The lowest BCUT2D eigenvalue weighted by molar-refractivity contribution is 0.220. The minimum Gasteiger partial charge on any atom is -0.490 e. The topological polar surface area (TPSA) is 50.7 Å². The van der Waals surface area contributed by atoms with E-state index in [1.54, 1.807) is 0 Å². The van der Waals surface area contributed by atoms with Crippen molar-refractivity contribution in [3.8, 4) is 11.5 Å². The van der Waals surface area contributed by atoms with Gasteiger partial charge in [-0.2, -0.15) is 0 Å². The van der Waals surface area contributed by atoms with Gasteiger partial charge in [0.1, 0.15) is 0 Å². The van der Waals surface area contributed by atoms with Crippen LogP contribution in [0.4, 0.5) is 5.69 Å². The van der Waals surface area contributed by atoms with Crippen LogP contribution in [0.15, 0.2) is 18.2 Å². The lowest BCUT2D eigenvalue weighted by atomic mass is 10.1. The van der Waals surface area contributed by atoms with Crippen LogP contribution in [0.1, 0.15) is 19.3 Å². The number of aliphatic hydroxyl groups excluding tert-OH is 1. The van der Waals surface area contributed by atoms with Crippen molar-refractivity contribution in [3.63, 3.8) is 0 Å². The third-order valence-corrected chi connectivity index (χ3v) is 3.71. The molecule has 1 aliphatic heterocycles. The van der Waals surface area contributed by atoms with Crippen molar-refractivity contribution in [2.45, 2.75) is 19.3 Å². The highest BCUT2D eigenvalue weighted by Gasteiger charge is 2.41. The molecule has 0 atom stereocenters. The molecule has 1 saturated carbocycles. The molecule has 0 aromatic heterocycles. The molecule has 0 spiro atoms. The van der Waals surface area contributed by atoms with E-state index < -0.39 is 0 Å². The van der Waals surface area contributed by atoms with Gasteiger partial charge in [-0.25, -0.2) is 0 Å². The number of rotatable bonds is 4. The second kappa shape index (κ2) is 4.69. The molecule has 0 saturated heterocycles. The predicted molar refractivity (Wildman–Crippen MR) is 69.3 cm³/mol. The number of aliphatic hydroxyl groups is 1. The molecule has 1 aromatic carbocycles. The second-order valence-electron chi connectivity index (χ2n) is 5.22. The van der Waals surface area contributed by atoms with Crippen LogP contribution in [-0.4, -0.2) is 31.5 Å². The molecule has 1 aliphatic carbocycles. The van der Waals surface area contributed by atoms with Crippen molar-refractivity contribution in [2.75, 3.05) is 31.7 Å². The highest BCUT2D eigenvalue weighted by atomic mass is 16.5. The van der Waals surface area contributed by atoms with E-state index in [2.05, 4.69) is 5.32 Å². The lowest BCUT2D eigenvalue weighted by Gasteiger charge is -2.15. The van der Waals surface area contributed by atoms with Crippen LogP contribution in [-0.2, 0) is 0 Å². The zero-order valence-electron chi connectivity index (χ0n) is 10.4. The largest absolute Gasteiger partial charge is 0.490 e. The Bertz CT molecular complexity index is 429. The summed E-state index contributed by atoms with van der Waals surface area (Å²) in [6.07, 6.45) is 3.15. The molecule has 0 amide bonds. The predicted octanol–water partition coefficient (Wildman–Crippen LogP) is 2.03. The summed E-state index contributed by atoms with van der Waals surface area (Å²) >= 11 is 0. The van der Waals surface area contributed by atoms with Crippen molar-refractivity contribution < 1.29 is 14.6 Å². The van der Waals surface area contributed by atoms with Crippen molar-refractivity contribution in [3.05, 3.63) is 18.2 Å². The molecule has 0 bridgehead atoms. The number of hydrogen-bond donors (Lipinski definition) is 2. The molecule has 98 valence electrons. The molecule has 3 rings (SSSR count). The first-order chi connectivity index (χ1) is 8.81. The fraction of sp³-hybridized carbons (Fsp3) is 0.571. The monoisotopic (exact) mass is 249 g/mol. The van der Waals surface area contributed by atoms with Crippen LogP contribution in [0.3, 0.4) is 0 Å². The van der Waals surface area contributed by atoms with Crippen LogP contribution in [0, 0.1) is 5.41 Å². The number of anilines is 1. The van der Waals surface area contributed by atoms with Crippen molar-refractivity contribution in [1.29, 1.82) is 0 Å². The van der Waals surface area contributed by atoms with Gasteiger partial charge in [0.15, 0.2) is 11.5 Å². The zero-order valence-corrected chi connectivity index (χ0v) is 10.4. The van der Waals surface area contributed by atoms with Gasteiger partial charge < -0.3 is 19.9 Å². The summed E-state index contributed by atoms with van der Waals surface area (Å²) in [5.41, 5.74) is 1.14. The minimum absolute atomic E-state index is 0.115. The number of hydrogen-bond acceptors (Lipinski definition) is 4. The van der Waals surface area contributed by atoms with E-state index in [0.717, 1.165) is 43.0 Å². The Hall–Kier alpha value is -1.42. The Labute approximate surface area is 107 Å². The summed E-state index contributed by atoms with van der Waals surface area (Å²) in [4.78, 5) is 0. The van der Waals surface area contributed by atoms with E-state index in [9.17, 15) is 5.11 Å². The average molecular weight is 249 g/mol. The van der Waals surface area contributed by atoms with E-state index in [4.69, 9.17) is 9.47 Å². The average Bonchev–Trinajstić information content (AvgIpc) is 3.20. The van der Waals surface area contributed by atoms with E-state index in [0.29, 0.717) is 13.2 Å². The van der Waals surface area contributed by atoms with Gasteiger partial charge in [0.2, 0.25) is 0 Å². The molecule has 4 nitrogen and oxygen atoms in total. The van der Waals surface area contributed by atoms with Gasteiger partial charge in [0, 0.05) is 30.1 Å². The first kappa shape index (κ1) is 11.7. The summed E-state index contributed by atoms with van der Waals surface area (Å²) < 4.78 is 11.2. The minimum atomic E-state index is 0.115. The maximum absolute atomic E-state index is 9.28. The highest BCUT2D eigenvalue weighted by molar-refractivity contribution is 5.55. The summed E-state index contributed by atoms with van der Waals surface area (Å²) in [6.45, 7) is 2.51. The van der Waals surface area contributed by atoms with Gasteiger partial charge >= 0.3 is 0 Å². The van der Waals surface area contributed by atoms with Crippen molar-refractivity contribution >= 4 is 5.69 Å². The van der Waals surface area contributed by atoms with Gasteiger partial charge in [-0.1, -0.05) is 0 Å². The molecular weight excluding hydrogens is 230 g/mol. The van der Waals surface area contributed by atoms with E-state index in [1.807, 2.05) is 18.2 Å². The first-order valence-electron chi connectivity index (χ1n) is 6.56. The number of fused-ring (bicyclic) bond motifs is 1. The van der Waals surface area contributed by atoms with Crippen LogP contribution < -0.4 is 14.8 Å². The normalized spacial score (nSPS) is 20.1. The molecule has 1 aromatic rings. The van der Waals surface area contributed by atoms with Crippen molar-refractivity contribution in [1.82, 2.24) is 0 Å². The molecule has 4 heteroatoms. The first-order valence-corrected chi connectivity index (χ1v) is 6.56. The summed E-state index contributed by atoms with van der Waals surface area (Å²) in [5, 5.41) is 12.7. The zero-order chi connectivity index (χ0) is 12.4. The molecule has 18 heavy (non-hydrogen) atoms. The van der Waals surface area contributed by atoms with Gasteiger partial charge in [-0.15, -0.1) is 0 Å². The van der Waals surface area contributed by atoms with E-state index >= 15 is 0 Å². The van der Waals surface area contributed by atoms with E-state index in [1.165, 1.54) is 0 Å². The quantitative estimate of drug-likeness (QED) is 0.857. The van der Waals surface area contributed by atoms with Gasteiger partial charge in [-0.3, -0.25) is 0 Å². The Morgan fingerprint density at radius 1 is 1.17 bits per heavy atom. The maximum Gasteiger partial charge on any atom is 0.163 e. The summed E-state index contributed by atoms with van der Waals surface area (Å²) in [5.74, 6) is 1.63. The maximum atomic E-state index is 9.28. The molecule has 0 radical (unpaired) electrons. The fourth-order valence-corrected chi connectivity index (χ4v) is 2.13. The van der Waals surface area contributed by atoms with Crippen LogP contribution in [0.5, 0.6) is 11.5 Å². The van der Waals surface area contributed by atoms with Gasteiger partial charge in [0.25, 0.3) is 0 Å². The molecular formula is C14H19NO3. The highest BCUT2D eigenvalue weighted by Crippen LogP contribution is 2.45. The van der Waals surface area contributed by atoms with Crippen LogP contribution in [0.2, 0.25) is 0 Å². The van der Waals surface area contributed by atoms with Gasteiger partial charge in [-0.05, 0) is 25.0 Å². The number of nitrogens with one attached hydrogen (secondary N) is 1. The molecule has 1 fully saturated rings. The third kappa shape index (κ3) is 2.38. The smallest absolute Gasteiger partial charge is 0.163 e. The van der Waals surface area contributed by atoms with E-state index in [-0.39, 0.29) is 12.0 Å². The van der Waals surface area contributed by atoms with Gasteiger partial charge in [0.05, 0.1) is 19.8 Å². The number of ether oxygens (including phenoxy) is 2. The Morgan fingerprint density at radius 2 is 1.94 bits per heavy atom. The number of benzene rings is 1. The Kier molecular flexibility index (Phi) is 3.04. The molecule has 2 N–H and O–H groups in total. The van der Waals surface area contributed by atoms with Crippen LogP contribution in [0.25, 0.3) is 0 Å². The Balaban J connectivity index is 1.68. The lowest BCUT2D eigenvalue weighted by Crippen LogP contribution is -2.18.